The van der Waals surface area contributed by atoms with Gasteiger partial charge in [-0.05, 0) is 24.6 Å². The fourth-order valence-corrected chi connectivity index (χ4v) is 1.67. The van der Waals surface area contributed by atoms with Gasteiger partial charge >= 0.3 is 0 Å². The van der Waals surface area contributed by atoms with Crippen LogP contribution < -0.4 is 10.1 Å². The molecule has 0 aliphatic carbocycles. The molecule has 1 N–H and O–H groups in total. The lowest BCUT2D eigenvalue weighted by molar-refractivity contribution is 0.384. The van der Waals surface area contributed by atoms with Crippen LogP contribution in [-0.2, 0) is 6.54 Å². The Bertz CT molecular complexity index is 493. The molecule has 0 radical (unpaired) electrons. The van der Waals surface area contributed by atoms with Gasteiger partial charge in [0.15, 0.2) is 5.82 Å². The lowest BCUT2D eigenvalue weighted by Crippen LogP contribution is -2.18. The number of aromatic nitrogens is 2. The molecule has 0 bridgehead atoms. The van der Waals surface area contributed by atoms with Crippen LogP contribution in [0.5, 0.6) is 5.75 Å². The lowest BCUT2D eigenvalue weighted by Gasteiger charge is -2.13. The van der Waals surface area contributed by atoms with Crippen molar-refractivity contribution in [1.29, 1.82) is 0 Å². The van der Waals surface area contributed by atoms with Gasteiger partial charge in [-0.15, -0.1) is 0 Å². The number of methoxy groups -OCH3 is 1. The first kappa shape index (κ1) is 12.6. The number of nitrogens with one attached hydrogen (secondary N) is 1. The Morgan fingerprint density at radius 1 is 1.33 bits per heavy atom. The van der Waals surface area contributed by atoms with Crippen molar-refractivity contribution in [2.45, 2.75) is 26.4 Å². The van der Waals surface area contributed by atoms with E-state index in [1.54, 1.807) is 14.0 Å². The van der Waals surface area contributed by atoms with E-state index in [-0.39, 0.29) is 6.04 Å². The van der Waals surface area contributed by atoms with Crippen molar-refractivity contribution in [2.75, 3.05) is 7.11 Å². The van der Waals surface area contributed by atoms with Crippen LogP contribution in [0.25, 0.3) is 0 Å². The Balaban J connectivity index is 1.92. The second kappa shape index (κ2) is 5.64. The minimum atomic E-state index is 0.217. The van der Waals surface area contributed by atoms with Crippen LogP contribution in [0.15, 0.2) is 28.8 Å². The summed E-state index contributed by atoms with van der Waals surface area (Å²) in [7, 11) is 1.66. The van der Waals surface area contributed by atoms with Crippen LogP contribution in [0.2, 0.25) is 0 Å². The minimum Gasteiger partial charge on any atom is -0.497 e. The zero-order valence-electron chi connectivity index (χ0n) is 10.8. The highest BCUT2D eigenvalue weighted by Crippen LogP contribution is 2.17. The number of hydrogen-bond acceptors (Lipinski definition) is 5. The summed E-state index contributed by atoms with van der Waals surface area (Å²) in [5.41, 5.74) is 1.19. The highest BCUT2D eigenvalue weighted by molar-refractivity contribution is 5.28. The third-order valence-electron chi connectivity index (χ3n) is 2.75. The molecule has 0 aliphatic rings. The first-order valence-electron chi connectivity index (χ1n) is 5.85. The Hall–Kier alpha value is -1.88. The second-order valence-electron chi connectivity index (χ2n) is 4.11. The van der Waals surface area contributed by atoms with E-state index in [1.807, 2.05) is 24.3 Å². The van der Waals surface area contributed by atoms with Gasteiger partial charge in [0.25, 0.3) is 0 Å². The van der Waals surface area contributed by atoms with Gasteiger partial charge in [-0.25, -0.2) is 0 Å². The topological polar surface area (TPSA) is 60.2 Å². The predicted molar refractivity (Wildman–Crippen MR) is 67.3 cm³/mol. The molecule has 1 aromatic carbocycles. The SMILES string of the molecule is COc1ccc([C@H](C)NCc2noc(C)n2)cc1. The number of ether oxygens (including phenoxy) is 1. The fraction of sp³-hybridized carbons (Fsp3) is 0.385. The van der Waals surface area contributed by atoms with Gasteiger partial charge in [0.05, 0.1) is 13.7 Å². The maximum Gasteiger partial charge on any atom is 0.223 e. The van der Waals surface area contributed by atoms with Crippen molar-refractivity contribution >= 4 is 0 Å². The molecule has 1 heterocycles. The quantitative estimate of drug-likeness (QED) is 0.878. The highest BCUT2D eigenvalue weighted by atomic mass is 16.5. The van der Waals surface area contributed by atoms with Gasteiger partial charge in [0.2, 0.25) is 5.89 Å². The van der Waals surface area contributed by atoms with Gasteiger partial charge in [-0.3, -0.25) is 0 Å². The fourth-order valence-electron chi connectivity index (χ4n) is 1.67. The van der Waals surface area contributed by atoms with Crippen molar-refractivity contribution in [2.24, 2.45) is 0 Å². The zero-order chi connectivity index (χ0) is 13.0. The normalized spacial score (nSPS) is 12.4. The number of nitrogens with zero attached hydrogens (tertiary/aromatic N) is 2. The van der Waals surface area contributed by atoms with E-state index in [4.69, 9.17) is 9.26 Å². The first-order chi connectivity index (χ1) is 8.69. The monoisotopic (exact) mass is 247 g/mol. The maximum atomic E-state index is 5.13. The number of benzene rings is 1. The van der Waals surface area contributed by atoms with Crippen LogP contribution in [0.3, 0.4) is 0 Å². The van der Waals surface area contributed by atoms with Crippen molar-refractivity contribution < 1.29 is 9.26 Å². The molecule has 0 spiro atoms. The first-order valence-corrected chi connectivity index (χ1v) is 5.85. The summed E-state index contributed by atoms with van der Waals surface area (Å²) in [5, 5.41) is 7.18. The van der Waals surface area contributed by atoms with Crippen molar-refractivity contribution in [1.82, 2.24) is 15.5 Å². The average molecular weight is 247 g/mol. The van der Waals surface area contributed by atoms with Crippen LogP contribution in [0.4, 0.5) is 0 Å². The van der Waals surface area contributed by atoms with Crippen LogP contribution in [-0.4, -0.2) is 17.3 Å². The molecule has 2 rings (SSSR count). The zero-order valence-corrected chi connectivity index (χ0v) is 10.8. The molecule has 5 nitrogen and oxygen atoms in total. The molecule has 0 saturated heterocycles. The van der Waals surface area contributed by atoms with E-state index in [0.717, 1.165) is 5.75 Å². The van der Waals surface area contributed by atoms with Crippen LogP contribution in [0, 0.1) is 6.92 Å². The average Bonchev–Trinajstić information content (AvgIpc) is 2.82. The third-order valence-corrected chi connectivity index (χ3v) is 2.75. The molecule has 1 aromatic heterocycles. The molecular formula is C13H17N3O2. The highest BCUT2D eigenvalue weighted by Gasteiger charge is 2.07. The number of hydrogen-bond donors (Lipinski definition) is 1. The van der Waals surface area contributed by atoms with Crippen molar-refractivity contribution in [3.05, 3.63) is 41.5 Å². The number of rotatable bonds is 5. The van der Waals surface area contributed by atoms with Gasteiger partial charge in [-0.2, -0.15) is 4.98 Å². The summed E-state index contributed by atoms with van der Waals surface area (Å²) in [4.78, 5) is 4.14. The van der Waals surface area contributed by atoms with E-state index < -0.39 is 0 Å². The molecular weight excluding hydrogens is 230 g/mol. The lowest BCUT2D eigenvalue weighted by atomic mass is 10.1. The molecule has 0 aliphatic heterocycles. The molecule has 0 unspecified atom stereocenters. The molecule has 96 valence electrons. The van der Waals surface area contributed by atoms with Crippen molar-refractivity contribution in [3.63, 3.8) is 0 Å². The Morgan fingerprint density at radius 2 is 2.06 bits per heavy atom. The number of aryl methyl sites for hydroxylation is 1. The van der Waals surface area contributed by atoms with Crippen LogP contribution >= 0.6 is 0 Å². The predicted octanol–water partition coefficient (Wildman–Crippen LogP) is 2.24. The van der Waals surface area contributed by atoms with Gasteiger partial charge in [0, 0.05) is 13.0 Å². The summed E-state index contributed by atoms with van der Waals surface area (Å²) in [6, 6.07) is 8.20. The van der Waals surface area contributed by atoms with Crippen LogP contribution in [0.1, 0.15) is 30.2 Å². The van der Waals surface area contributed by atoms with Gasteiger partial charge in [-0.1, -0.05) is 17.3 Å². The summed E-state index contributed by atoms with van der Waals surface area (Å²) in [6.07, 6.45) is 0. The van der Waals surface area contributed by atoms with Gasteiger partial charge < -0.3 is 14.6 Å². The smallest absolute Gasteiger partial charge is 0.223 e. The van der Waals surface area contributed by atoms with E-state index in [1.165, 1.54) is 5.56 Å². The third kappa shape index (κ3) is 3.07. The molecule has 5 heteroatoms. The second-order valence-corrected chi connectivity index (χ2v) is 4.11. The maximum absolute atomic E-state index is 5.13. The van der Waals surface area contributed by atoms with E-state index in [0.29, 0.717) is 18.3 Å². The van der Waals surface area contributed by atoms with E-state index in [2.05, 4.69) is 22.4 Å². The largest absolute Gasteiger partial charge is 0.497 e. The van der Waals surface area contributed by atoms with Gasteiger partial charge in [0.1, 0.15) is 5.75 Å². The Kier molecular flexibility index (Phi) is 3.94. The molecule has 0 saturated carbocycles. The van der Waals surface area contributed by atoms with E-state index in [9.17, 15) is 0 Å². The molecule has 0 fully saturated rings. The standard InChI is InChI=1S/C13H17N3O2/c1-9(11-4-6-12(17-3)7-5-11)14-8-13-15-10(2)18-16-13/h4-7,9,14H,8H2,1-3H3/t9-/m0/s1. The summed E-state index contributed by atoms with van der Waals surface area (Å²) >= 11 is 0. The molecule has 1 atom stereocenters. The minimum absolute atomic E-state index is 0.217. The summed E-state index contributed by atoms with van der Waals surface area (Å²) < 4.78 is 10.0. The molecule has 2 aromatic rings. The summed E-state index contributed by atoms with van der Waals surface area (Å²) in [5.74, 6) is 2.12. The summed E-state index contributed by atoms with van der Waals surface area (Å²) in [6.45, 7) is 4.46. The van der Waals surface area contributed by atoms with Crippen molar-refractivity contribution in [3.8, 4) is 5.75 Å². The Morgan fingerprint density at radius 3 is 2.61 bits per heavy atom. The molecule has 18 heavy (non-hydrogen) atoms. The van der Waals surface area contributed by atoms with E-state index >= 15 is 0 Å². The molecule has 0 amide bonds. The Labute approximate surface area is 106 Å².